The van der Waals surface area contributed by atoms with Crippen LogP contribution < -0.4 is 5.56 Å². The summed E-state index contributed by atoms with van der Waals surface area (Å²) in [6.07, 6.45) is -5.09. The minimum atomic E-state index is -1.35. The maximum Gasteiger partial charge on any atom is 0.303 e. The van der Waals surface area contributed by atoms with Gasteiger partial charge in [-0.2, -0.15) is 0 Å². The van der Waals surface area contributed by atoms with Gasteiger partial charge >= 0.3 is 23.9 Å². The molecule has 222 valence electrons. The topological polar surface area (TPSA) is 149 Å². The Morgan fingerprint density at radius 3 is 2.05 bits per heavy atom. The van der Waals surface area contributed by atoms with E-state index in [2.05, 4.69) is 0 Å². The van der Waals surface area contributed by atoms with Crippen LogP contribution in [0.2, 0.25) is 0 Å². The number of thioether (sulfide) groups is 1. The van der Waals surface area contributed by atoms with Crippen molar-refractivity contribution in [3.8, 4) is 5.69 Å². The maximum absolute atomic E-state index is 13.8. The number of carbonyl (C=O) groups is 4. The van der Waals surface area contributed by atoms with Crippen LogP contribution in [-0.4, -0.2) is 69.9 Å². The SMILES string of the molecule is CC(=O)OC[C@H]1O[C@@H](Sc2nc3ccccc3c(=O)n2-c2ccc(C)cc2)[C@H](OC(C)=O)[C@@H](OC(C)=O)[C@@H]1OC(C)=O. The van der Waals surface area contributed by atoms with Crippen LogP contribution in [-0.2, 0) is 42.9 Å². The number of esters is 4. The lowest BCUT2D eigenvalue weighted by molar-refractivity contribution is -0.237. The highest BCUT2D eigenvalue weighted by molar-refractivity contribution is 7.99. The van der Waals surface area contributed by atoms with Crippen LogP contribution in [0, 0.1) is 6.92 Å². The maximum atomic E-state index is 13.8. The van der Waals surface area contributed by atoms with Gasteiger partial charge in [0.1, 0.15) is 12.7 Å². The molecule has 12 nitrogen and oxygen atoms in total. The van der Waals surface area contributed by atoms with E-state index in [4.69, 9.17) is 28.7 Å². The monoisotopic (exact) mass is 598 g/mol. The van der Waals surface area contributed by atoms with E-state index in [1.54, 1.807) is 36.4 Å². The zero-order chi connectivity index (χ0) is 30.6. The largest absolute Gasteiger partial charge is 0.463 e. The molecule has 0 bridgehead atoms. The fourth-order valence-electron chi connectivity index (χ4n) is 4.50. The minimum Gasteiger partial charge on any atom is -0.463 e. The third-order valence-electron chi connectivity index (χ3n) is 6.21. The molecule has 1 saturated heterocycles. The summed E-state index contributed by atoms with van der Waals surface area (Å²) in [5, 5.41) is 0.562. The molecule has 0 saturated carbocycles. The number of ether oxygens (including phenoxy) is 5. The van der Waals surface area contributed by atoms with E-state index in [-0.39, 0.29) is 17.3 Å². The first-order chi connectivity index (χ1) is 19.9. The summed E-state index contributed by atoms with van der Waals surface area (Å²) in [6.45, 7) is 6.20. The highest BCUT2D eigenvalue weighted by atomic mass is 32.2. The molecule has 0 amide bonds. The number of carbonyl (C=O) groups excluding carboxylic acids is 4. The van der Waals surface area contributed by atoms with Gasteiger partial charge in [-0.25, -0.2) is 4.98 Å². The van der Waals surface area contributed by atoms with Crippen molar-refractivity contribution < 1.29 is 42.9 Å². The van der Waals surface area contributed by atoms with Gasteiger partial charge < -0.3 is 23.7 Å². The molecule has 2 heterocycles. The van der Waals surface area contributed by atoms with Crippen molar-refractivity contribution in [3.63, 3.8) is 0 Å². The third kappa shape index (κ3) is 7.15. The van der Waals surface area contributed by atoms with Crippen molar-refractivity contribution in [3.05, 3.63) is 64.4 Å². The average molecular weight is 599 g/mol. The molecule has 2 aromatic carbocycles. The Morgan fingerprint density at radius 1 is 0.833 bits per heavy atom. The highest BCUT2D eigenvalue weighted by Crippen LogP contribution is 2.37. The molecule has 0 N–H and O–H groups in total. The minimum absolute atomic E-state index is 0.184. The molecule has 0 aliphatic carbocycles. The van der Waals surface area contributed by atoms with Crippen LogP contribution in [0.4, 0.5) is 0 Å². The van der Waals surface area contributed by atoms with Crippen molar-refractivity contribution in [1.82, 2.24) is 9.55 Å². The first-order valence-electron chi connectivity index (χ1n) is 13.0. The molecule has 5 atom stereocenters. The van der Waals surface area contributed by atoms with Gasteiger partial charge in [0, 0.05) is 27.7 Å². The van der Waals surface area contributed by atoms with Crippen molar-refractivity contribution in [2.24, 2.45) is 0 Å². The standard InChI is InChI=1S/C29H30N2O10S/c1-15-10-12-20(13-11-15)31-27(36)21-8-6-7-9-22(21)30-29(31)42-28-26(40-19(5)35)25(39-18(4)34)24(38-17(3)33)23(41-28)14-37-16(2)32/h6-13,23-26,28H,14H2,1-5H3/t23-,24-,25+,26-,28+/m1/s1. The highest BCUT2D eigenvalue weighted by Gasteiger charge is 2.52. The molecule has 3 aromatic rings. The quantitative estimate of drug-likeness (QED) is 0.213. The van der Waals surface area contributed by atoms with Crippen LogP contribution in [0.15, 0.2) is 58.5 Å². The van der Waals surface area contributed by atoms with Gasteiger partial charge in [0.2, 0.25) is 0 Å². The second-order valence-corrected chi connectivity index (χ2v) is 10.6. The summed E-state index contributed by atoms with van der Waals surface area (Å²) < 4.78 is 29.3. The van der Waals surface area contributed by atoms with E-state index in [0.717, 1.165) is 38.1 Å². The summed E-state index contributed by atoms with van der Waals surface area (Å²) in [5.41, 5.74) is 0.415. The first-order valence-corrected chi connectivity index (χ1v) is 13.9. The summed E-state index contributed by atoms with van der Waals surface area (Å²) in [5.74, 6) is -2.83. The fourth-order valence-corrected chi connectivity index (χ4v) is 5.70. The molecule has 1 aliphatic heterocycles. The van der Waals surface area contributed by atoms with Gasteiger partial charge in [0.25, 0.3) is 5.56 Å². The van der Waals surface area contributed by atoms with E-state index in [1.807, 2.05) is 19.1 Å². The first kappa shape index (κ1) is 30.7. The number of aryl methyl sites for hydroxylation is 1. The second kappa shape index (κ2) is 13.2. The predicted octanol–water partition coefficient (Wildman–Crippen LogP) is 2.87. The molecule has 0 unspecified atom stereocenters. The normalized spacial score (nSPS) is 21.8. The average Bonchev–Trinajstić information content (AvgIpc) is 2.91. The van der Waals surface area contributed by atoms with Gasteiger partial charge in [0.15, 0.2) is 28.9 Å². The van der Waals surface area contributed by atoms with Crippen molar-refractivity contribution in [2.75, 3.05) is 6.61 Å². The summed E-state index contributed by atoms with van der Waals surface area (Å²) in [4.78, 5) is 66.6. The Labute approximate surface area is 245 Å². The van der Waals surface area contributed by atoms with E-state index in [1.165, 1.54) is 11.5 Å². The molecule has 42 heavy (non-hydrogen) atoms. The lowest BCUT2D eigenvalue weighted by Crippen LogP contribution is -2.61. The lowest BCUT2D eigenvalue weighted by Gasteiger charge is -2.44. The number of nitrogens with zero attached hydrogens (tertiary/aromatic N) is 2. The molecule has 1 aromatic heterocycles. The molecule has 0 radical (unpaired) electrons. The Morgan fingerprint density at radius 2 is 1.43 bits per heavy atom. The Bertz CT molecular complexity index is 1550. The van der Waals surface area contributed by atoms with Crippen molar-refractivity contribution in [2.45, 2.75) is 69.6 Å². The van der Waals surface area contributed by atoms with Crippen LogP contribution in [0.5, 0.6) is 0 Å². The van der Waals surface area contributed by atoms with Crippen LogP contribution in [0.3, 0.4) is 0 Å². The predicted molar refractivity (Wildman–Crippen MR) is 150 cm³/mol. The number of fused-ring (bicyclic) bond motifs is 1. The Hall–Kier alpha value is -4.23. The van der Waals surface area contributed by atoms with Gasteiger partial charge in [-0.1, -0.05) is 41.6 Å². The Kier molecular flexibility index (Phi) is 9.63. The smallest absolute Gasteiger partial charge is 0.303 e. The Balaban J connectivity index is 1.87. The summed E-state index contributed by atoms with van der Waals surface area (Å²) in [6, 6.07) is 14.1. The molecule has 1 fully saturated rings. The van der Waals surface area contributed by atoms with E-state index in [9.17, 15) is 24.0 Å². The molecule has 1 aliphatic rings. The van der Waals surface area contributed by atoms with Gasteiger partial charge in [-0.3, -0.25) is 28.5 Å². The van der Waals surface area contributed by atoms with Crippen molar-refractivity contribution >= 4 is 46.5 Å². The van der Waals surface area contributed by atoms with Crippen LogP contribution in [0.25, 0.3) is 16.6 Å². The van der Waals surface area contributed by atoms with Crippen molar-refractivity contribution in [1.29, 1.82) is 0 Å². The van der Waals surface area contributed by atoms with Crippen LogP contribution in [0.1, 0.15) is 33.3 Å². The van der Waals surface area contributed by atoms with E-state index >= 15 is 0 Å². The summed E-state index contributed by atoms with van der Waals surface area (Å²) >= 11 is 0.939. The van der Waals surface area contributed by atoms with Gasteiger partial charge in [-0.15, -0.1) is 0 Å². The van der Waals surface area contributed by atoms with Gasteiger partial charge in [0.05, 0.1) is 16.6 Å². The molecule has 13 heteroatoms. The zero-order valence-corrected chi connectivity index (χ0v) is 24.4. The number of rotatable bonds is 8. The number of benzene rings is 2. The number of para-hydroxylation sites is 1. The molecule has 4 rings (SSSR count). The van der Waals surface area contributed by atoms with Gasteiger partial charge in [-0.05, 0) is 31.2 Å². The molecular weight excluding hydrogens is 568 g/mol. The third-order valence-corrected chi connectivity index (χ3v) is 7.30. The second-order valence-electron chi connectivity index (χ2n) is 9.57. The lowest BCUT2D eigenvalue weighted by atomic mass is 9.99. The number of aromatic nitrogens is 2. The number of hydrogen-bond donors (Lipinski definition) is 0. The molecular formula is C29H30N2O10S. The van der Waals surface area contributed by atoms with E-state index in [0.29, 0.717) is 16.6 Å². The van der Waals surface area contributed by atoms with E-state index < -0.39 is 53.7 Å². The fraction of sp³-hybridized carbons (Fsp3) is 0.379. The summed E-state index contributed by atoms with van der Waals surface area (Å²) in [7, 11) is 0. The van der Waals surface area contributed by atoms with Crippen LogP contribution >= 0.6 is 11.8 Å². The molecule has 0 spiro atoms. The number of hydrogen-bond acceptors (Lipinski definition) is 12. The zero-order valence-electron chi connectivity index (χ0n) is 23.6.